The Morgan fingerprint density at radius 3 is 2.88 bits per heavy atom. The summed E-state index contributed by atoms with van der Waals surface area (Å²) in [4.78, 5) is 22.3. The van der Waals surface area contributed by atoms with Gasteiger partial charge in [0.1, 0.15) is 17.6 Å². The van der Waals surface area contributed by atoms with Gasteiger partial charge in [0, 0.05) is 25.5 Å². The van der Waals surface area contributed by atoms with E-state index in [2.05, 4.69) is 15.3 Å². The van der Waals surface area contributed by atoms with E-state index in [1.165, 1.54) is 6.33 Å². The number of aliphatic hydroxyl groups is 1. The molecule has 8 nitrogen and oxygen atoms in total. The summed E-state index contributed by atoms with van der Waals surface area (Å²) < 4.78 is 7.97. The summed E-state index contributed by atoms with van der Waals surface area (Å²) in [5, 5.41) is 13.0. The number of halogens is 1. The number of para-hydroxylation sites is 1. The highest BCUT2D eigenvalue weighted by Crippen LogP contribution is 2.41. The van der Waals surface area contributed by atoms with Crippen LogP contribution >= 0.6 is 11.6 Å². The topological polar surface area (TPSA) is 92.5 Å². The zero-order chi connectivity index (χ0) is 22.2. The first kappa shape index (κ1) is 20.3. The second kappa shape index (κ2) is 8.14. The Morgan fingerprint density at radius 2 is 2.06 bits per heavy atom. The highest BCUT2D eigenvalue weighted by molar-refractivity contribution is 6.32. The van der Waals surface area contributed by atoms with Crippen molar-refractivity contribution < 1.29 is 14.6 Å². The molecule has 3 heterocycles. The fourth-order valence-electron chi connectivity index (χ4n) is 3.91. The largest absolute Gasteiger partial charge is 0.454 e. The number of benzene rings is 2. The zero-order valence-corrected chi connectivity index (χ0v) is 18.0. The van der Waals surface area contributed by atoms with Crippen LogP contribution in [0.4, 0.5) is 17.2 Å². The van der Waals surface area contributed by atoms with Gasteiger partial charge in [0.15, 0.2) is 11.6 Å². The molecule has 32 heavy (non-hydrogen) atoms. The van der Waals surface area contributed by atoms with Crippen molar-refractivity contribution in [3.8, 4) is 11.5 Å². The number of anilines is 3. The average molecular weight is 450 g/mol. The summed E-state index contributed by atoms with van der Waals surface area (Å²) in [5.74, 6) is 1.70. The van der Waals surface area contributed by atoms with Gasteiger partial charge >= 0.3 is 0 Å². The van der Waals surface area contributed by atoms with Crippen molar-refractivity contribution in [1.29, 1.82) is 0 Å². The molecule has 0 fully saturated rings. The third-order valence-corrected chi connectivity index (χ3v) is 5.73. The lowest BCUT2D eigenvalue weighted by Crippen LogP contribution is -2.21. The fourth-order valence-corrected chi connectivity index (χ4v) is 4.13. The second-order valence-electron chi connectivity index (χ2n) is 7.45. The highest BCUT2D eigenvalue weighted by atomic mass is 35.5. The molecule has 4 aromatic rings. The van der Waals surface area contributed by atoms with E-state index >= 15 is 0 Å². The minimum Gasteiger partial charge on any atom is -0.454 e. The van der Waals surface area contributed by atoms with Crippen LogP contribution in [0.2, 0.25) is 5.02 Å². The van der Waals surface area contributed by atoms with E-state index in [9.17, 15) is 9.90 Å². The molecule has 0 saturated heterocycles. The van der Waals surface area contributed by atoms with Crippen LogP contribution in [0.25, 0.3) is 11.0 Å². The van der Waals surface area contributed by atoms with Crippen molar-refractivity contribution in [2.24, 2.45) is 0 Å². The van der Waals surface area contributed by atoms with Crippen molar-refractivity contribution in [2.75, 3.05) is 23.9 Å². The van der Waals surface area contributed by atoms with Crippen LogP contribution in [0.15, 0.2) is 55.0 Å². The maximum absolute atomic E-state index is 12.1. The first-order chi connectivity index (χ1) is 15.5. The molecule has 0 radical (unpaired) electrons. The Kier molecular flexibility index (Phi) is 5.16. The first-order valence-electron chi connectivity index (χ1n) is 10.1. The lowest BCUT2D eigenvalue weighted by molar-refractivity contribution is -0.117. The fraction of sp³-hybridized carbons (Fsp3) is 0.174. The molecule has 0 spiro atoms. The second-order valence-corrected chi connectivity index (χ2v) is 7.86. The van der Waals surface area contributed by atoms with Crippen LogP contribution in [-0.4, -0.2) is 39.2 Å². The molecule has 0 saturated carbocycles. The lowest BCUT2D eigenvalue weighted by atomic mass is 10.1. The summed E-state index contributed by atoms with van der Waals surface area (Å²) >= 11 is 6.52. The molecule has 1 amide bonds. The zero-order valence-electron chi connectivity index (χ0n) is 17.2. The molecule has 0 atom stereocenters. The molecule has 0 aliphatic carbocycles. The van der Waals surface area contributed by atoms with E-state index in [1.807, 2.05) is 41.1 Å². The summed E-state index contributed by atoms with van der Waals surface area (Å²) in [6.07, 6.45) is 3.72. The minimum atomic E-state index is 0.0138. The van der Waals surface area contributed by atoms with Gasteiger partial charge in [0.2, 0.25) is 5.91 Å². The summed E-state index contributed by atoms with van der Waals surface area (Å²) in [5.41, 5.74) is 4.00. The molecule has 0 unspecified atom stereocenters. The van der Waals surface area contributed by atoms with E-state index in [0.717, 1.165) is 28.0 Å². The molecule has 1 aliphatic heterocycles. The van der Waals surface area contributed by atoms with E-state index in [1.54, 1.807) is 24.1 Å². The number of likely N-dealkylation sites (N-methyl/N-ethyl adjacent to an activating group) is 1. The van der Waals surface area contributed by atoms with E-state index in [4.69, 9.17) is 16.3 Å². The summed E-state index contributed by atoms with van der Waals surface area (Å²) in [6.45, 7) is 0.456. The SMILES string of the molecule is CN1C(=O)Cc2cccc(Oc3ccc(Nc4ncnc5ccn(CCO)c45)cc3Cl)c21. The van der Waals surface area contributed by atoms with Crippen LogP contribution < -0.4 is 15.0 Å². The van der Waals surface area contributed by atoms with Gasteiger partial charge in [-0.15, -0.1) is 0 Å². The average Bonchev–Trinajstić information content (AvgIpc) is 3.32. The number of hydrogen-bond donors (Lipinski definition) is 2. The number of nitrogens with one attached hydrogen (secondary N) is 1. The number of carbonyl (C=O) groups is 1. The Bertz CT molecular complexity index is 1340. The maximum atomic E-state index is 12.1. The molecule has 5 rings (SSSR count). The Hall–Kier alpha value is -3.62. The predicted octanol–water partition coefficient (Wildman–Crippen LogP) is 4.13. The van der Waals surface area contributed by atoms with Gasteiger partial charge in [-0.2, -0.15) is 0 Å². The minimum absolute atomic E-state index is 0.0138. The molecule has 2 aromatic carbocycles. The van der Waals surface area contributed by atoms with Crippen molar-refractivity contribution in [3.05, 3.63) is 65.6 Å². The molecule has 2 N–H and O–H groups in total. The molecule has 9 heteroatoms. The summed E-state index contributed by atoms with van der Waals surface area (Å²) in [6, 6.07) is 12.9. The molecule has 2 aromatic heterocycles. The van der Waals surface area contributed by atoms with Gasteiger partial charge in [0.05, 0.1) is 29.3 Å². The van der Waals surface area contributed by atoms with Gasteiger partial charge < -0.3 is 24.6 Å². The lowest BCUT2D eigenvalue weighted by Gasteiger charge is -2.17. The number of aliphatic hydroxyl groups excluding tert-OH is 1. The maximum Gasteiger partial charge on any atom is 0.231 e. The van der Waals surface area contributed by atoms with Crippen molar-refractivity contribution in [3.63, 3.8) is 0 Å². The first-order valence-corrected chi connectivity index (χ1v) is 10.5. The number of carbonyl (C=O) groups excluding carboxylic acids is 1. The Balaban J connectivity index is 1.42. The smallest absolute Gasteiger partial charge is 0.231 e. The van der Waals surface area contributed by atoms with Gasteiger partial charge in [-0.05, 0) is 35.9 Å². The van der Waals surface area contributed by atoms with E-state index in [0.29, 0.717) is 35.3 Å². The van der Waals surface area contributed by atoms with E-state index < -0.39 is 0 Å². The van der Waals surface area contributed by atoms with Crippen LogP contribution in [0.1, 0.15) is 5.56 Å². The number of ether oxygens (including phenoxy) is 1. The van der Waals surface area contributed by atoms with Crippen molar-refractivity contribution in [1.82, 2.24) is 14.5 Å². The van der Waals surface area contributed by atoms with Crippen LogP contribution in [0.3, 0.4) is 0 Å². The quantitative estimate of drug-likeness (QED) is 0.459. The number of fused-ring (bicyclic) bond motifs is 2. The van der Waals surface area contributed by atoms with Crippen LogP contribution in [0.5, 0.6) is 11.5 Å². The number of hydrogen-bond acceptors (Lipinski definition) is 6. The molecule has 1 aliphatic rings. The predicted molar refractivity (Wildman–Crippen MR) is 123 cm³/mol. The van der Waals surface area contributed by atoms with Crippen molar-refractivity contribution >= 4 is 45.7 Å². The number of amides is 1. The molecule has 0 bridgehead atoms. The normalized spacial score (nSPS) is 13.0. The molecular weight excluding hydrogens is 430 g/mol. The highest BCUT2D eigenvalue weighted by Gasteiger charge is 2.27. The van der Waals surface area contributed by atoms with Gasteiger partial charge in [-0.3, -0.25) is 4.79 Å². The van der Waals surface area contributed by atoms with E-state index in [-0.39, 0.29) is 12.5 Å². The standard InChI is InChI=1S/C23H20ClN5O3/c1-28-20(31)11-14-3-2-4-19(21(14)28)32-18-6-5-15(12-16(18)24)27-23-22-17(25-13-26-23)7-8-29(22)9-10-30/h2-8,12-13,30H,9-11H2,1H3,(H,25,26,27). The molecular formula is C23H20ClN5O3. The van der Waals surface area contributed by atoms with Crippen LogP contribution in [-0.2, 0) is 17.8 Å². The number of rotatable bonds is 6. The Labute approximate surface area is 189 Å². The Morgan fingerprint density at radius 1 is 1.19 bits per heavy atom. The van der Waals surface area contributed by atoms with Crippen molar-refractivity contribution in [2.45, 2.75) is 13.0 Å². The van der Waals surface area contributed by atoms with Gasteiger partial charge in [-0.1, -0.05) is 23.7 Å². The number of nitrogens with zero attached hydrogens (tertiary/aromatic N) is 4. The monoisotopic (exact) mass is 449 g/mol. The third-order valence-electron chi connectivity index (χ3n) is 5.44. The third kappa shape index (κ3) is 3.53. The number of aromatic nitrogens is 3. The molecule has 162 valence electrons. The summed E-state index contributed by atoms with van der Waals surface area (Å²) in [7, 11) is 1.74. The van der Waals surface area contributed by atoms with Gasteiger partial charge in [0.25, 0.3) is 0 Å². The van der Waals surface area contributed by atoms with Gasteiger partial charge in [-0.25, -0.2) is 9.97 Å². The van der Waals surface area contributed by atoms with Crippen LogP contribution in [0, 0.1) is 0 Å².